The molecule has 1 aliphatic carbocycles. The third-order valence-corrected chi connectivity index (χ3v) is 6.98. The van der Waals surface area contributed by atoms with E-state index in [0.29, 0.717) is 5.92 Å². The highest BCUT2D eigenvalue weighted by Crippen LogP contribution is 2.36. The van der Waals surface area contributed by atoms with E-state index in [2.05, 4.69) is 38.1 Å². The first-order valence-electron chi connectivity index (χ1n) is 9.76. The summed E-state index contributed by atoms with van der Waals surface area (Å²) in [5, 5.41) is 2.18. The molecule has 1 saturated carbocycles. The van der Waals surface area contributed by atoms with Gasteiger partial charge in [-0.1, -0.05) is 37.1 Å². The van der Waals surface area contributed by atoms with Crippen molar-refractivity contribution in [3.05, 3.63) is 41.2 Å². The Hall–Kier alpha value is -1.69. The van der Waals surface area contributed by atoms with Crippen LogP contribution >= 0.6 is 11.8 Å². The van der Waals surface area contributed by atoms with Gasteiger partial charge in [-0.15, -0.1) is 0 Å². The van der Waals surface area contributed by atoms with Crippen molar-refractivity contribution in [1.29, 1.82) is 0 Å². The van der Waals surface area contributed by atoms with Crippen LogP contribution in [0.15, 0.2) is 35.6 Å². The molecule has 1 unspecified atom stereocenters. The molecular weight excluding hydrogens is 344 g/mol. The van der Waals surface area contributed by atoms with Gasteiger partial charge in [0.05, 0.1) is 0 Å². The molecule has 1 aromatic rings. The van der Waals surface area contributed by atoms with Crippen LogP contribution in [-0.2, 0) is 6.54 Å². The van der Waals surface area contributed by atoms with E-state index in [0.717, 1.165) is 26.2 Å². The van der Waals surface area contributed by atoms with Gasteiger partial charge in [0, 0.05) is 44.3 Å². The summed E-state index contributed by atoms with van der Waals surface area (Å²) in [5.74, 6) is 0.704. The predicted octanol–water partition coefficient (Wildman–Crippen LogP) is 4.09. The molecule has 1 saturated heterocycles. The summed E-state index contributed by atoms with van der Waals surface area (Å²) >= 11 is 1.75. The molecule has 6 heteroatoms. The highest BCUT2D eigenvalue weighted by atomic mass is 32.2. The van der Waals surface area contributed by atoms with Gasteiger partial charge in [-0.05, 0) is 42.7 Å². The van der Waals surface area contributed by atoms with Gasteiger partial charge >= 0.3 is 6.03 Å². The number of pyridine rings is 1. The highest BCUT2D eigenvalue weighted by molar-refractivity contribution is 8.02. The quantitative estimate of drug-likeness (QED) is 0.780. The van der Waals surface area contributed by atoms with E-state index >= 15 is 0 Å². The van der Waals surface area contributed by atoms with Gasteiger partial charge < -0.3 is 9.80 Å². The Labute approximate surface area is 160 Å². The highest BCUT2D eigenvalue weighted by Gasteiger charge is 2.39. The van der Waals surface area contributed by atoms with E-state index < -0.39 is 0 Å². The second-order valence-electron chi connectivity index (χ2n) is 7.64. The van der Waals surface area contributed by atoms with E-state index in [9.17, 15) is 4.79 Å². The fourth-order valence-electron chi connectivity index (χ4n) is 4.26. The average Bonchev–Trinajstić information content (AvgIpc) is 3.20. The molecule has 1 aromatic heterocycles. The fraction of sp³-hybridized carbons (Fsp3) is 0.600. The van der Waals surface area contributed by atoms with Crippen molar-refractivity contribution in [2.24, 2.45) is 5.92 Å². The standard InChI is InChI=1S/C20H28N4OS/c1-16-15-26-20(24(16)14-18-8-5-9-21-12-18)23-11-10-22(19(23)25)13-17-6-3-2-4-7-17/h5,8-9,12,15,17,20H,2-4,6-7,10-11,13-14H2,1H3. The first kappa shape index (κ1) is 17.7. The van der Waals surface area contributed by atoms with Gasteiger partial charge in [0.25, 0.3) is 0 Å². The third-order valence-electron chi connectivity index (χ3n) is 5.75. The largest absolute Gasteiger partial charge is 0.341 e. The van der Waals surface area contributed by atoms with Crippen molar-refractivity contribution in [1.82, 2.24) is 19.7 Å². The Kier molecular flexibility index (Phi) is 5.38. The monoisotopic (exact) mass is 372 g/mol. The fourth-order valence-corrected chi connectivity index (χ4v) is 5.45. The topological polar surface area (TPSA) is 39.7 Å². The zero-order chi connectivity index (χ0) is 17.9. The Morgan fingerprint density at radius 3 is 2.85 bits per heavy atom. The normalized spacial score (nSPS) is 24.5. The Bertz CT molecular complexity index is 659. The van der Waals surface area contributed by atoms with E-state index in [4.69, 9.17) is 0 Å². The number of urea groups is 1. The molecule has 0 N–H and O–H groups in total. The van der Waals surface area contributed by atoms with Crippen LogP contribution in [-0.4, -0.2) is 50.8 Å². The minimum Gasteiger partial charge on any atom is -0.341 e. The number of carbonyl (C=O) groups excluding carboxylic acids is 1. The number of carbonyl (C=O) groups is 1. The molecule has 5 nitrogen and oxygen atoms in total. The van der Waals surface area contributed by atoms with Crippen molar-refractivity contribution < 1.29 is 4.79 Å². The van der Waals surface area contributed by atoms with Crippen molar-refractivity contribution in [2.75, 3.05) is 19.6 Å². The number of nitrogens with zero attached hydrogens (tertiary/aromatic N) is 4. The number of allylic oxidation sites excluding steroid dienone is 1. The number of aromatic nitrogens is 1. The first-order chi connectivity index (χ1) is 12.7. The molecular formula is C20H28N4OS. The molecule has 4 rings (SSSR count). The molecule has 3 aliphatic rings. The molecule has 140 valence electrons. The van der Waals surface area contributed by atoms with Crippen LogP contribution in [0.25, 0.3) is 0 Å². The van der Waals surface area contributed by atoms with Crippen molar-refractivity contribution in [3.8, 4) is 0 Å². The summed E-state index contributed by atoms with van der Waals surface area (Å²) in [6, 6.07) is 4.29. The Balaban J connectivity index is 1.40. The number of amides is 2. The summed E-state index contributed by atoms with van der Waals surface area (Å²) in [6.07, 6.45) is 10.3. The molecule has 26 heavy (non-hydrogen) atoms. The van der Waals surface area contributed by atoms with E-state index in [1.54, 1.807) is 18.0 Å². The second-order valence-corrected chi connectivity index (χ2v) is 8.57. The van der Waals surface area contributed by atoms with Crippen LogP contribution in [0, 0.1) is 5.92 Å². The number of rotatable bonds is 5. The van der Waals surface area contributed by atoms with Crippen LogP contribution in [0.4, 0.5) is 4.79 Å². The molecule has 2 aliphatic heterocycles. The zero-order valence-corrected chi connectivity index (χ0v) is 16.3. The molecule has 0 radical (unpaired) electrons. The molecule has 0 bridgehead atoms. The van der Waals surface area contributed by atoms with Crippen LogP contribution in [0.3, 0.4) is 0 Å². The van der Waals surface area contributed by atoms with Crippen molar-refractivity contribution in [3.63, 3.8) is 0 Å². The smallest absolute Gasteiger partial charge is 0.322 e. The number of hydrogen-bond acceptors (Lipinski definition) is 4. The minimum absolute atomic E-state index is 0.0686. The lowest BCUT2D eigenvalue weighted by atomic mass is 9.89. The molecule has 1 atom stereocenters. The van der Waals surface area contributed by atoms with Gasteiger partial charge in [0.1, 0.15) is 0 Å². The zero-order valence-electron chi connectivity index (χ0n) is 15.5. The average molecular weight is 373 g/mol. The summed E-state index contributed by atoms with van der Waals surface area (Å²) in [7, 11) is 0. The maximum absolute atomic E-state index is 13.0. The summed E-state index contributed by atoms with van der Waals surface area (Å²) in [5.41, 5.74) is 2.47. The molecule has 0 aromatic carbocycles. The van der Waals surface area contributed by atoms with Crippen molar-refractivity contribution in [2.45, 2.75) is 51.1 Å². The molecule has 3 heterocycles. The lowest BCUT2D eigenvalue weighted by Crippen LogP contribution is -2.45. The maximum Gasteiger partial charge on any atom is 0.322 e. The van der Waals surface area contributed by atoms with Crippen LogP contribution in [0.2, 0.25) is 0 Å². The SMILES string of the molecule is CC1=CSC(N2CCN(CC3CCCCC3)C2=O)N1Cc1cccnc1. The van der Waals surface area contributed by atoms with Crippen LogP contribution in [0.1, 0.15) is 44.6 Å². The van der Waals surface area contributed by atoms with E-state index in [-0.39, 0.29) is 11.5 Å². The molecule has 0 spiro atoms. The van der Waals surface area contributed by atoms with E-state index in [1.807, 2.05) is 12.3 Å². The van der Waals surface area contributed by atoms with Crippen LogP contribution < -0.4 is 0 Å². The molecule has 2 amide bonds. The summed E-state index contributed by atoms with van der Waals surface area (Å²) in [4.78, 5) is 23.7. The lowest BCUT2D eigenvalue weighted by molar-refractivity contribution is 0.145. The van der Waals surface area contributed by atoms with Gasteiger partial charge in [-0.25, -0.2) is 4.79 Å². The third kappa shape index (κ3) is 3.70. The number of hydrogen-bond donors (Lipinski definition) is 0. The number of thioether (sulfide) groups is 1. The van der Waals surface area contributed by atoms with Gasteiger partial charge in [0.2, 0.25) is 0 Å². The molecule has 2 fully saturated rings. The minimum atomic E-state index is 0.0686. The summed E-state index contributed by atoms with van der Waals surface area (Å²) in [6.45, 7) is 5.56. The van der Waals surface area contributed by atoms with Gasteiger partial charge in [-0.2, -0.15) is 0 Å². The second kappa shape index (κ2) is 7.91. The maximum atomic E-state index is 13.0. The Morgan fingerprint density at radius 2 is 2.08 bits per heavy atom. The summed E-state index contributed by atoms with van der Waals surface area (Å²) < 4.78 is 0. The van der Waals surface area contributed by atoms with Gasteiger partial charge in [-0.3, -0.25) is 9.88 Å². The Morgan fingerprint density at radius 1 is 1.23 bits per heavy atom. The van der Waals surface area contributed by atoms with Gasteiger partial charge in [0.15, 0.2) is 5.50 Å². The van der Waals surface area contributed by atoms with E-state index in [1.165, 1.54) is 43.4 Å². The van der Waals surface area contributed by atoms with Crippen LogP contribution in [0.5, 0.6) is 0 Å². The first-order valence-corrected chi connectivity index (χ1v) is 10.7. The van der Waals surface area contributed by atoms with Crippen molar-refractivity contribution >= 4 is 17.8 Å². The lowest BCUT2D eigenvalue weighted by Gasteiger charge is -2.34. The predicted molar refractivity (Wildman–Crippen MR) is 105 cm³/mol.